The van der Waals surface area contributed by atoms with Crippen LogP contribution in [0.2, 0.25) is 0 Å². The molecule has 0 fully saturated rings. The van der Waals surface area contributed by atoms with Crippen LogP contribution < -0.4 is 5.30 Å². The molecule has 0 aromatic heterocycles. The lowest BCUT2D eigenvalue weighted by molar-refractivity contribution is 0.542. The summed E-state index contributed by atoms with van der Waals surface area (Å²) in [4.78, 5) is 0. The Morgan fingerprint density at radius 1 is 1.10 bits per heavy atom. The molecule has 2 atom stereocenters. The summed E-state index contributed by atoms with van der Waals surface area (Å²) in [7, 11) is -0.166. The second kappa shape index (κ2) is 10.2. The molecule has 0 nitrogen and oxygen atoms in total. The summed E-state index contributed by atoms with van der Waals surface area (Å²) in [6.45, 7) is 11.7. The summed E-state index contributed by atoms with van der Waals surface area (Å²) < 4.78 is 0. The molecule has 0 radical (unpaired) electrons. The number of allylic oxidation sites excluding steroid dienone is 2. The van der Waals surface area contributed by atoms with Crippen LogP contribution in [-0.2, 0) is 0 Å². The summed E-state index contributed by atoms with van der Waals surface area (Å²) in [6.07, 6.45) is 8.88. The molecule has 0 aliphatic heterocycles. The van der Waals surface area contributed by atoms with Gasteiger partial charge >= 0.3 is 0 Å². The van der Waals surface area contributed by atoms with Gasteiger partial charge in [0, 0.05) is 0 Å². The van der Waals surface area contributed by atoms with Crippen LogP contribution in [-0.4, -0.2) is 5.66 Å². The number of hydrogen-bond donors (Lipinski definition) is 0. The van der Waals surface area contributed by atoms with Crippen LogP contribution in [0.15, 0.2) is 41.7 Å². The molecule has 0 heterocycles. The minimum Gasteiger partial charge on any atom is -0.0808 e. The number of benzene rings is 1. The van der Waals surface area contributed by atoms with Gasteiger partial charge in [0.25, 0.3) is 0 Å². The van der Waals surface area contributed by atoms with Crippen LogP contribution in [0.5, 0.6) is 0 Å². The average molecular weight is 304 g/mol. The van der Waals surface area contributed by atoms with Gasteiger partial charge in [-0.1, -0.05) is 77.4 Å². The summed E-state index contributed by atoms with van der Waals surface area (Å²) in [6, 6.07) is 11.3. The molecule has 0 N–H and O–H groups in total. The van der Waals surface area contributed by atoms with Crippen molar-refractivity contribution >= 4 is 13.2 Å². The zero-order valence-corrected chi connectivity index (χ0v) is 15.5. The first kappa shape index (κ1) is 18.4. The lowest BCUT2D eigenvalue weighted by Gasteiger charge is -2.31. The third-order valence-electron chi connectivity index (χ3n) is 3.88. The molecule has 0 aliphatic carbocycles. The molecule has 1 aromatic carbocycles. The van der Waals surface area contributed by atoms with Crippen molar-refractivity contribution in [3.63, 3.8) is 0 Å². The largest absolute Gasteiger partial charge is 0.0808 e. The van der Waals surface area contributed by atoms with Gasteiger partial charge in [-0.25, -0.2) is 0 Å². The van der Waals surface area contributed by atoms with Gasteiger partial charge in [-0.2, -0.15) is 0 Å². The molecular formula is C20H33P. The third-order valence-corrected chi connectivity index (χ3v) is 7.05. The molecule has 2 unspecified atom stereocenters. The summed E-state index contributed by atoms with van der Waals surface area (Å²) in [5, 5.41) is 3.28. The highest BCUT2D eigenvalue weighted by atomic mass is 31.1. The Hall–Kier alpha value is -0.610. The van der Waals surface area contributed by atoms with Crippen molar-refractivity contribution in [2.75, 3.05) is 0 Å². The van der Waals surface area contributed by atoms with Crippen molar-refractivity contribution in [1.82, 2.24) is 0 Å². The zero-order valence-electron chi connectivity index (χ0n) is 14.6. The lowest BCUT2D eigenvalue weighted by atomic mass is 10.1. The maximum absolute atomic E-state index is 2.50. The molecule has 0 saturated heterocycles. The highest BCUT2D eigenvalue weighted by Crippen LogP contribution is 2.53. The van der Waals surface area contributed by atoms with Gasteiger partial charge in [-0.3, -0.25) is 0 Å². The topological polar surface area (TPSA) is 0 Å². The quantitative estimate of drug-likeness (QED) is 0.445. The van der Waals surface area contributed by atoms with E-state index >= 15 is 0 Å². The second-order valence-electron chi connectivity index (χ2n) is 6.23. The highest BCUT2D eigenvalue weighted by molar-refractivity contribution is 7.70. The van der Waals surface area contributed by atoms with E-state index < -0.39 is 0 Å². The molecule has 0 amide bonds. The van der Waals surface area contributed by atoms with Gasteiger partial charge in [0.05, 0.1) is 0 Å². The normalized spacial score (nSPS) is 15.2. The third kappa shape index (κ3) is 5.95. The molecule has 118 valence electrons. The van der Waals surface area contributed by atoms with Crippen molar-refractivity contribution in [3.05, 3.63) is 41.7 Å². The van der Waals surface area contributed by atoms with Gasteiger partial charge in [0.1, 0.15) is 0 Å². The minimum absolute atomic E-state index is 0.166. The van der Waals surface area contributed by atoms with Crippen molar-refractivity contribution < 1.29 is 0 Å². The predicted molar refractivity (Wildman–Crippen MR) is 99.8 cm³/mol. The molecule has 1 rings (SSSR count). The lowest BCUT2D eigenvalue weighted by Crippen LogP contribution is -2.17. The number of hydrogen-bond acceptors (Lipinski definition) is 0. The van der Waals surface area contributed by atoms with E-state index in [0.29, 0.717) is 0 Å². The zero-order chi connectivity index (χ0) is 15.7. The van der Waals surface area contributed by atoms with Crippen molar-refractivity contribution in [3.8, 4) is 0 Å². The summed E-state index contributed by atoms with van der Waals surface area (Å²) in [5.74, 6) is 0.787. The minimum atomic E-state index is -0.166. The van der Waals surface area contributed by atoms with Gasteiger partial charge < -0.3 is 0 Å². The van der Waals surface area contributed by atoms with E-state index in [1.807, 2.05) is 0 Å². The van der Waals surface area contributed by atoms with E-state index in [2.05, 4.69) is 71.0 Å². The Morgan fingerprint density at radius 2 is 1.76 bits per heavy atom. The van der Waals surface area contributed by atoms with Gasteiger partial charge in [-0.15, -0.1) is 0 Å². The monoisotopic (exact) mass is 304 g/mol. The van der Waals surface area contributed by atoms with Crippen LogP contribution in [0.1, 0.15) is 66.7 Å². The molecule has 21 heavy (non-hydrogen) atoms. The van der Waals surface area contributed by atoms with Crippen molar-refractivity contribution in [2.24, 2.45) is 5.92 Å². The van der Waals surface area contributed by atoms with Crippen molar-refractivity contribution in [2.45, 2.75) is 72.4 Å². The fraction of sp³-hybridized carbons (Fsp3) is 0.600. The Bertz CT molecular complexity index is 405. The Balaban J connectivity index is 3.18. The summed E-state index contributed by atoms with van der Waals surface area (Å²) >= 11 is 0. The molecule has 0 spiro atoms. The smallest absolute Gasteiger partial charge is 0.0130 e. The Morgan fingerprint density at radius 3 is 2.24 bits per heavy atom. The average Bonchev–Trinajstić information content (AvgIpc) is 2.47. The molecule has 0 bridgehead atoms. The van der Waals surface area contributed by atoms with E-state index in [4.69, 9.17) is 0 Å². The highest BCUT2D eigenvalue weighted by Gasteiger charge is 2.25. The molecule has 0 aliphatic rings. The SMILES string of the molecule is CC/C=C(\CC)P(c1ccccc1)C(CCC)CC(C)C. The number of rotatable bonds is 9. The first-order chi connectivity index (χ1) is 10.1. The fourth-order valence-corrected chi connectivity index (χ4v) is 6.66. The van der Waals surface area contributed by atoms with Crippen LogP contribution >= 0.6 is 7.92 Å². The van der Waals surface area contributed by atoms with Crippen LogP contribution in [0, 0.1) is 5.92 Å². The van der Waals surface area contributed by atoms with Crippen LogP contribution in [0.4, 0.5) is 0 Å². The second-order valence-corrected chi connectivity index (χ2v) is 8.80. The van der Waals surface area contributed by atoms with E-state index in [-0.39, 0.29) is 7.92 Å². The van der Waals surface area contributed by atoms with Gasteiger partial charge in [-0.05, 0) is 55.8 Å². The van der Waals surface area contributed by atoms with E-state index in [1.54, 1.807) is 10.6 Å². The molecule has 0 saturated carbocycles. The van der Waals surface area contributed by atoms with Gasteiger partial charge in [0.15, 0.2) is 0 Å². The maximum atomic E-state index is 2.50. The first-order valence-electron chi connectivity index (χ1n) is 8.67. The molecule has 1 aromatic rings. The Kier molecular flexibility index (Phi) is 8.93. The molecule has 1 heteroatoms. The first-order valence-corrected chi connectivity index (χ1v) is 10.1. The van der Waals surface area contributed by atoms with E-state index in [0.717, 1.165) is 18.0 Å². The standard InChI is InChI=1S/C20H33P/c1-6-12-18(8-3)21(19-14-10-9-11-15-19)20(13-7-2)16-17(4)5/h9-12,14-15,17,20H,6-8,13,16H2,1-5H3/b18-12+. The van der Waals surface area contributed by atoms with E-state index in [1.165, 1.54) is 25.7 Å². The van der Waals surface area contributed by atoms with E-state index in [9.17, 15) is 0 Å². The molecular weight excluding hydrogens is 271 g/mol. The van der Waals surface area contributed by atoms with Gasteiger partial charge in [0.2, 0.25) is 0 Å². The van der Waals surface area contributed by atoms with Crippen LogP contribution in [0.25, 0.3) is 0 Å². The van der Waals surface area contributed by atoms with Crippen LogP contribution in [0.3, 0.4) is 0 Å². The van der Waals surface area contributed by atoms with Crippen molar-refractivity contribution in [1.29, 1.82) is 0 Å². The fourth-order valence-electron chi connectivity index (χ4n) is 3.08. The Labute approximate surface area is 133 Å². The maximum Gasteiger partial charge on any atom is -0.0130 e. The predicted octanol–water partition coefficient (Wildman–Crippen LogP) is 6.71. The summed E-state index contributed by atoms with van der Waals surface area (Å²) in [5.41, 5.74) is 0.838.